The number of halogens is 3. The van der Waals surface area contributed by atoms with E-state index in [4.69, 9.17) is 0 Å². The Bertz CT molecular complexity index is 424. The van der Waals surface area contributed by atoms with Crippen LogP contribution in [0.4, 0.5) is 24.8 Å². The summed E-state index contributed by atoms with van der Waals surface area (Å²) in [5, 5.41) is 5.88. The summed E-state index contributed by atoms with van der Waals surface area (Å²) < 4.78 is 38.6. The number of hydrogen-bond acceptors (Lipinski definition) is 4. The average Bonchev–Trinajstić information content (AvgIpc) is 2.44. The molecule has 0 aliphatic carbocycles. The Balaban J connectivity index is 2.72. The van der Waals surface area contributed by atoms with Gasteiger partial charge in [-0.1, -0.05) is 6.92 Å². The number of pyridine rings is 1. The molecule has 3 nitrogen and oxygen atoms in total. The molecule has 120 valence electrons. The third-order valence-corrected chi connectivity index (χ3v) is 3.49. The van der Waals surface area contributed by atoms with Crippen LogP contribution in [-0.4, -0.2) is 30.1 Å². The zero-order valence-electron chi connectivity index (χ0n) is 12.4. The van der Waals surface area contributed by atoms with Crippen LogP contribution < -0.4 is 10.6 Å². The minimum absolute atomic E-state index is 0.262. The molecular formula is C14H22F3N3S. The maximum Gasteiger partial charge on any atom is 0.416 e. The van der Waals surface area contributed by atoms with Crippen LogP contribution in [0.15, 0.2) is 12.1 Å². The Morgan fingerprint density at radius 2 is 1.71 bits per heavy atom. The number of rotatable bonds is 9. The van der Waals surface area contributed by atoms with E-state index in [9.17, 15) is 13.2 Å². The van der Waals surface area contributed by atoms with E-state index >= 15 is 0 Å². The molecule has 0 bridgehead atoms. The van der Waals surface area contributed by atoms with E-state index in [0.29, 0.717) is 13.1 Å². The van der Waals surface area contributed by atoms with Crippen LogP contribution in [0.5, 0.6) is 0 Å². The smallest absolute Gasteiger partial charge is 0.370 e. The first kappa shape index (κ1) is 17.9. The zero-order chi connectivity index (χ0) is 15.7. The minimum atomic E-state index is -4.36. The third-order valence-electron chi connectivity index (χ3n) is 2.79. The highest BCUT2D eigenvalue weighted by Crippen LogP contribution is 2.32. The molecule has 0 saturated carbocycles. The van der Waals surface area contributed by atoms with Crippen LogP contribution in [0.2, 0.25) is 0 Å². The highest BCUT2D eigenvalue weighted by molar-refractivity contribution is 7.98. The van der Waals surface area contributed by atoms with Crippen molar-refractivity contribution in [2.75, 3.05) is 35.7 Å². The highest BCUT2D eigenvalue weighted by Gasteiger charge is 2.31. The van der Waals surface area contributed by atoms with Crippen molar-refractivity contribution in [3.8, 4) is 0 Å². The van der Waals surface area contributed by atoms with Crippen molar-refractivity contribution in [1.82, 2.24) is 4.98 Å². The second-order valence-corrected chi connectivity index (χ2v) is 5.66. The van der Waals surface area contributed by atoms with Gasteiger partial charge in [0, 0.05) is 13.1 Å². The molecule has 0 aromatic carbocycles. The maximum atomic E-state index is 12.9. The number of hydrogen-bond donors (Lipinski definition) is 2. The van der Waals surface area contributed by atoms with E-state index in [1.54, 1.807) is 11.8 Å². The van der Waals surface area contributed by atoms with Crippen molar-refractivity contribution < 1.29 is 13.2 Å². The van der Waals surface area contributed by atoms with Gasteiger partial charge in [0.25, 0.3) is 0 Å². The first-order chi connectivity index (χ1) is 9.97. The molecule has 0 unspecified atom stereocenters. The second kappa shape index (κ2) is 9.02. The molecule has 2 N–H and O–H groups in total. The summed E-state index contributed by atoms with van der Waals surface area (Å²) in [6.45, 7) is 3.18. The third kappa shape index (κ3) is 6.93. The van der Waals surface area contributed by atoms with Crippen molar-refractivity contribution in [2.45, 2.75) is 32.4 Å². The molecule has 21 heavy (non-hydrogen) atoms. The Morgan fingerprint density at radius 3 is 2.24 bits per heavy atom. The molecule has 0 fully saturated rings. The molecule has 0 spiro atoms. The van der Waals surface area contributed by atoms with Crippen LogP contribution in [0.1, 0.15) is 31.7 Å². The summed E-state index contributed by atoms with van der Waals surface area (Å²) in [6.07, 6.45) is 0.453. The summed E-state index contributed by atoms with van der Waals surface area (Å²) in [5.41, 5.74) is -0.678. The molecular weight excluding hydrogens is 299 g/mol. The number of thioether (sulfide) groups is 1. The van der Waals surface area contributed by atoms with Crippen molar-refractivity contribution in [2.24, 2.45) is 0 Å². The lowest BCUT2D eigenvalue weighted by Gasteiger charge is -2.13. The fourth-order valence-electron chi connectivity index (χ4n) is 1.72. The van der Waals surface area contributed by atoms with Gasteiger partial charge in [-0.05, 0) is 43.4 Å². The van der Waals surface area contributed by atoms with Gasteiger partial charge < -0.3 is 10.6 Å². The van der Waals surface area contributed by atoms with Gasteiger partial charge >= 0.3 is 6.18 Å². The molecule has 1 aromatic rings. The molecule has 0 saturated heterocycles. The van der Waals surface area contributed by atoms with Crippen LogP contribution in [0, 0.1) is 0 Å². The molecule has 7 heteroatoms. The molecule has 1 heterocycles. The number of alkyl halides is 3. The summed E-state index contributed by atoms with van der Waals surface area (Å²) in [4.78, 5) is 4.17. The quantitative estimate of drug-likeness (QED) is 0.658. The number of nitrogens with zero attached hydrogens (tertiary/aromatic N) is 1. The number of aromatic nitrogens is 1. The lowest BCUT2D eigenvalue weighted by molar-refractivity contribution is -0.137. The maximum absolute atomic E-state index is 12.9. The lowest BCUT2D eigenvalue weighted by Crippen LogP contribution is -2.12. The Labute approximate surface area is 128 Å². The van der Waals surface area contributed by atoms with E-state index in [2.05, 4.69) is 15.6 Å². The van der Waals surface area contributed by atoms with E-state index in [1.807, 2.05) is 13.2 Å². The number of anilines is 2. The predicted octanol–water partition coefficient (Wildman–Crippen LogP) is 4.48. The first-order valence-electron chi connectivity index (χ1n) is 7.03. The van der Waals surface area contributed by atoms with Crippen molar-refractivity contribution in [1.29, 1.82) is 0 Å². The Hall–Kier alpha value is -1.11. The minimum Gasteiger partial charge on any atom is -0.370 e. The van der Waals surface area contributed by atoms with Gasteiger partial charge in [-0.2, -0.15) is 24.9 Å². The molecule has 1 aromatic heterocycles. The van der Waals surface area contributed by atoms with Gasteiger partial charge in [-0.3, -0.25) is 0 Å². The topological polar surface area (TPSA) is 37.0 Å². The van der Waals surface area contributed by atoms with Crippen molar-refractivity contribution in [3.05, 3.63) is 17.7 Å². The largest absolute Gasteiger partial charge is 0.416 e. The standard InChI is InChI=1S/C14H22F3N3S/c1-3-6-18-12-9-11(14(15,16)17)10-13(20-12)19-7-4-5-8-21-2/h9-10H,3-8H2,1-2H3,(H2,18,19,20). The van der Waals surface area contributed by atoms with Gasteiger partial charge in [0.1, 0.15) is 11.6 Å². The summed E-state index contributed by atoms with van der Waals surface area (Å²) in [5.74, 6) is 1.59. The molecule has 1 rings (SSSR count). The summed E-state index contributed by atoms with van der Waals surface area (Å²) >= 11 is 1.76. The normalized spacial score (nSPS) is 11.5. The Morgan fingerprint density at radius 1 is 1.10 bits per heavy atom. The molecule has 0 aliphatic heterocycles. The van der Waals surface area contributed by atoms with Gasteiger partial charge in [-0.25, -0.2) is 4.98 Å². The van der Waals surface area contributed by atoms with E-state index in [0.717, 1.165) is 37.1 Å². The van der Waals surface area contributed by atoms with Crippen LogP contribution >= 0.6 is 11.8 Å². The van der Waals surface area contributed by atoms with Gasteiger partial charge in [0.15, 0.2) is 0 Å². The van der Waals surface area contributed by atoms with Crippen LogP contribution in [-0.2, 0) is 6.18 Å². The monoisotopic (exact) mass is 321 g/mol. The highest BCUT2D eigenvalue weighted by atomic mass is 32.2. The van der Waals surface area contributed by atoms with Crippen LogP contribution in [0.3, 0.4) is 0 Å². The Kier molecular flexibility index (Phi) is 7.71. The molecule has 0 amide bonds. The molecule has 0 aliphatic rings. The summed E-state index contributed by atoms with van der Waals surface area (Å²) in [6, 6.07) is 2.11. The lowest BCUT2D eigenvalue weighted by atomic mass is 10.2. The molecule has 0 atom stereocenters. The van der Waals surface area contributed by atoms with Gasteiger partial charge in [0.2, 0.25) is 0 Å². The van der Waals surface area contributed by atoms with Crippen molar-refractivity contribution in [3.63, 3.8) is 0 Å². The van der Waals surface area contributed by atoms with Crippen LogP contribution in [0.25, 0.3) is 0 Å². The van der Waals surface area contributed by atoms with E-state index in [1.165, 1.54) is 0 Å². The first-order valence-corrected chi connectivity index (χ1v) is 8.42. The number of nitrogens with one attached hydrogen (secondary N) is 2. The number of unbranched alkanes of at least 4 members (excludes halogenated alkanes) is 1. The van der Waals surface area contributed by atoms with Gasteiger partial charge in [-0.15, -0.1) is 0 Å². The fourth-order valence-corrected chi connectivity index (χ4v) is 2.21. The second-order valence-electron chi connectivity index (χ2n) is 4.68. The van der Waals surface area contributed by atoms with Crippen molar-refractivity contribution >= 4 is 23.4 Å². The van der Waals surface area contributed by atoms with Gasteiger partial charge in [0.05, 0.1) is 5.56 Å². The summed E-state index contributed by atoms with van der Waals surface area (Å²) in [7, 11) is 0. The van der Waals surface area contributed by atoms with E-state index in [-0.39, 0.29) is 11.6 Å². The zero-order valence-corrected chi connectivity index (χ0v) is 13.2. The SMILES string of the molecule is CCCNc1cc(C(F)(F)F)cc(NCCCCSC)n1. The fraction of sp³-hybridized carbons (Fsp3) is 0.643. The molecule has 0 radical (unpaired) electrons. The van der Waals surface area contributed by atoms with E-state index < -0.39 is 11.7 Å². The average molecular weight is 321 g/mol. The predicted molar refractivity (Wildman–Crippen MR) is 84.1 cm³/mol.